The molecular formula is C14H12Br2FN. The summed E-state index contributed by atoms with van der Waals surface area (Å²) in [4.78, 5) is 0. The molecule has 0 fully saturated rings. The fraction of sp³-hybridized carbons (Fsp3) is 0.143. The predicted molar refractivity (Wildman–Crippen MR) is 79.0 cm³/mol. The normalized spacial score (nSPS) is 12.5. The van der Waals surface area contributed by atoms with Gasteiger partial charge in [-0.3, -0.25) is 0 Å². The van der Waals surface area contributed by atoms with Crippen molar-refractivity contribution in [2.45, 2.75) is 13.0 Å². The molecule has 94 valence electrons. The molecule has 18 heavy (non-hydrogen) atoms. The zero-order valence-electron chi connectivity index (χ0n) is 9.75. The fourth-order valence-electron chi connectivity index (χ4n) is 1.74. The van der Waals surface area contributed by atoms with Gasteiger partial charge in [-0.25, -0.2) is 4.39 Å². The first-order chi connectivity index (χ1) is 8.49. The van der Waals surface area contributed by atoms with E-state index >= 15 is 0 Å². The van der Waals surface area contributed by atoms with Gasteiger partial charge >= 0.3 is 0 Å². The molecule has 0 bridgehead atoms. The molecule has 0 saturated heterocycles. The summed E-state index contributed by atoms with van der Waals surface area (Å²) in [6.45, 7) is 1.74. The van der Waals surface area contributed by atoms with Crippen LogP contribution in [0.5, 0.6) is 0 Å². The monoisotopic (exact) mass is 371 g/mol. The standard InChI is InChI=1S/C14H12Br2FN/c1-8-2-3-9(6-13(8)17)14(18)11-5-4-10(15)7-12(11)16/h2-7,14H,18H2,1H3. The van der Waals surface area contributed by atoms with Crippen LogP contribution in [0.4, 0.5) is 4.39 Å². The average Bonchev–Trinajstić information content (AvgIpc) is 2.32. The van der Waals surface area contributed by atoms with E-state index in [-0.39, 0.29) is 11.9 Å². The molecule has 0 spiro atoms. The van der Waals surface area contributed by atoms with Crippen LogP contribution in [0.1, 0.15) is 22.7 Å². The number of benzene rings is 2. The van der Waals surface area contributed by atoms with E-state index < -0.39 is 0 Å². The third-order valence-corrected chi connectivity index (χ3v) is 4.03. The summed E-state index contributed by atoms with van der Waals surface area (Å²) in [5.74, 6) is -0.226. The molecule has 0 radical (unpaired) electrons. The van der Waals surface area contributed by atoms with Gasteiger partial charge in [0.1, 0.15) is 5.82 Å². The second-order valence-electron chi connectivity index (χ2n) is 4.15. The van der Waals surface area contributed by atoms with Gasteiger partial charge in [0.05, 0.1) is 6.04 Å². The molecular weight excluding hydrogens is 361 g/mol. The summed E-state index contributed by atoms with van der Waals surface area (Å²) in [5, 5.41) is 0. The molecule has 4 heteroatoms. The largest absolute Gasteiger partial charge is 0.320 e. The first-order valence-electron chi connectivity index (χ1n) is 5.45. The third kappa shape index (κ3) is 2.82. The Morgan fingerprint density at radius 1 is 1.11 bits per heavy atom. The second-order valence-corrected chi connectivity index (χ2v) is 5.92. The van der Waals surface area contributed by atoms with Crippen molar-refractivity contribution < 1.29 is 4.39 Å². The molecule has 0 aliphatic rings. The quantitative estimate of drug-likeness (QED) is 0.811. The van der Waals surface area contributed by atoms with Crippen LogP contribution in [0.15, 0.2) is 45.3 Å². The number of aryl methyl sites for hydroxylation is 1. The SMILES string of the molecule is Cc1ccc(C(N)c2ccc(Br)cc2Br)cc1F. The van der Waals surface area contributed by atoms with Crippen LogP contribution < -0.4 is 5.73 Å². The van der Waals surface area contributed by atoms with Crippen molar-refractivity contribution in [1.82, 2.24) is 0 Å². The second kappa shape index (κ2) is 5.51. The van der Waals surface area contributed by atoms with Crippen molar-refractivity contribution in [3.8, 4) is 0 Å². The Morgan fingerprint density at radius 3 is 2.44 bits per heavy atom. The van der Waals surface area contributed by atoms with Crippen LogP contribution in [0.3, 0.4) is 0 Å². The number of halogens is 3. The highest BCUT2D eigenvalue weighted by molar-refractivity contribution is 9.11. The topological polar surface area (TPSA) is 26.0 Å². The minimum Gasteiger partial charge on any atom is -0.320 e. The Kier molecular flexibility index (Phi) is 4.20. The fourth-order valence-corrected chi connectivity index (χ4v) is 3.03. The maximum absolute atomic E-state index is 13.5. The van der Waals surface area contributed by atoms with E-state index in [1.807, 2.05) is 24.3 Å². The molecule has 1 unspecified atom stereocenters. The highest BCUT2D eigenvalue weighted by atomic mass is 79.9. The Bertz CT molecular complexity index is 584. The van der Waals surface area contributed by atoms with Crippen LogP contribution in [0, 0.1) is 12.7 Å². The van der Waals surface area contributed by atoms with Crippen LogP contribution in [0.25, 0.3) is 0 Å². The van der Waals surface area contributed by atoms with Crippen LogP contribution in [0.2, 0.25) is 0 Å². The molecule has 0 aliphatic carbocycles. The number of hydrogen-bond donors (Lipinski definition) is 1. The van der Waals surface area contributed by atoms with Gasteiger partial charge in [0.25, 0.3) is 0 Å². The van der Waals surface area contributed by atoms with Gasteiger partial charge in [-0.1, -0.05) is 50.1 Å². The van der Waals surface area contributed by atoms with E-state index in [2.05, 4.69) is 31.9 Å². The lowest BCUT2D eigenvalue weighted by atomic mass is 9.98. The third-order valence-electron chi connectivity index (χ3n) is 2.85. The minimum atomic E-state index is -0.345. The first kappa shape index (κ1) is 13.7. The van der Waals surface area contributed by atoms with E-state index in [0.29, 0.717) is 5.56 Å². The first-order valence-corrected chi connectivity index (χ1v) is 7.04. The van der Waals surface area contributed by atoms with Crippen LogP contribution in [-0.2, 0) is 0 Å². The van der Waals surface area contributed by atoms with E-state index in [4.69, 9.17) is 5.73 Å². The van der Waals surface area contributed by atoms with Crippen molar-refractivity contribution in [2.75, 3.05) is 0 Å². The van der Waals surface area contributed by atoms with Crippen LogP contribution in [-0.4, -0.2) is 0 Å². The molecule has 0 heterocycles. The highest BCUT2D eigenvalue weighted by Crippen LogP contribution is 2.29. The summed E-state index contributed by atoms with van der Waals surface area (Å²) in [6.07, 6.45) is 0. The van der Waals surface area contributed by atoms with Crippen molar-refractivity contribution in [1.29, 1.82) is 0 Å². The molecule has 2 aromatic rings. The Hall–Kier alpha value is -0.710. The van der Waals surface area contributed by atoms with E-state index in [1.165, 1.54) is 6.07 Å². The Labute approximate surface area is 122 Å². The van der Waals surface area contributed by atoms with Crippen molar-refractivity contribution in [3.63, 3.8) is 0 Å². The van der Waals surface area contributed by atoms with Crippen molar-refractivity contribution in [3.05, 3.63) is 67.9 Å². The van der Waals surface area contributed by atoms with Gasteiger partial charge in [-0.15, -0.1) is 0 Å². The van der Waals surface area contributed by atoms with Gasteiger partial charge in [-0.05, 0) is 41.8 Å². The number of nitrogens with two attached hydrogens (primary N) is 1. The number of rotatable bonds is 2. The summed E-state index contributed by atoms with van der Waals surface area (Å²) >= 11 is 6.87. The predicted octanol–water partition coefficient (Wildman–Crippen LogP) is 4.71. The molecule has 1 nitrogen and oxygen atoms in total. The maximum Gasteiger partial charge on any atom is 0.126 e. The van der Waals surface area contributed by atoms with Gasteiger partial charge in [-0.2, -0.15) is 0 Å². The molecule has 1 atom stereocenters. The zero-order valence-corrected chi connectivity index (χ0v) is 12.9. The van der Waals surface area contributed by atoms with E-state index in [0.717, 1.165) is 20.1 Å². The molecule has 2 N–H and O–H groups in total. The lowest BCUT2D eigenvalue weighted by Crippen LogP contribution is -2.13. The highest BCUT2D eigenvalue weighted by Gasteiger charge is 2.13. The van der Waals surface area contributed by atoms with Gasteiger partial charge in [0, 0.05) is 8.95 Å². The van der Waals surface area contributed by atoms with E-state index in [1.54, 1.807) is 13.0 Å². The lowest BCUT2D eigenvalue weighted by molar-refractivity contribution is 0.614. The Morgan fingerprint density at radius 2 is 1.83 bits per heavy atom. The van der Waals surface area contributed by atoms with Gasteiger partial charge in [0.2, 0.25) is 0 Å². The summed E-state index contributed by atoms with van der Waals surface area (Å²) in [6, 6.07) is 10.5. The molecule has 0 saturated carbocycles. The molecule has 2 rings (SSSR count). The van der Waals surface area contributed by atoms with Gasteiger partial charge in [0.15, 0.2) is 0 Å². The zero-order chi connectivity index (χ0) is 13.3. The lowest BCUT2D eigenvalue weighted by Gasteiger charge is -2.15. The summed E-state index contributed by atoms with van der Waals surface area (Å²) in [5.41, 5.74) is 8.50. The Balaban J connectivity index is 2.41. The summed E-state index contributed by atoms with van der Waals surface area (Å²) in [7, 11) is 0. The average molecular weight is 373 g/mol. The molecule has 0 amide bonds. The van der Waals surface area contributed by atoms with Crippen molar-refractivity contribution >= 4 is 31.9 Å². The number of hydrogen-bond acceptors (Lipinski definition) is 1. The smallest absolute Gasteiger partial charge is 0.126 e. The van der Waals surface area contributed by atoms with Crippen molar-refractivity contribution in [2.24, 2.45) is 5.73 Å². The molecule has 0 aliphatic heterocycles. The minimum absolute atomic E-state index is 0.226. The molecule has 2 aromatic carbocycles. The maximum atomic E-state index is 13.5. The van der Waals surface area contributed by atoms with Gasteiger partial charge < -0.3 is 5.73 Å². The van der Waals surface area contributed by atoms with Crippen LogP contribution >= 0.6 is 31.9 Å². The van der Waals surface area contributed by atoms with E-state index in [9.17, 15) is 4.39 Å². The summed E-state index contributed by atoms with van der Waals surface area (Å²) < 4.78 is 15.4. The molecule has 0 aromatic heterocycles.